The molecular formula is C8H10N2O. The summed E-state index contributed by atoms with van der Waals surface area (Å²) in [6.07, 6.45) is 1.08. The summed E-state index contributed by atoms with van der Waals surface area (Å²) in [5.74, 6) is 0. The maximum absolute atomic E-state index is 4.75. The fourth-order valence-electron chi connectivity index (χ4n) is 0.993. The van der Waals surface area contributed by atoms with E-state index in [0.717, 1.165) is 12.1 Å². The van der Waals surface area contributed by atoms with Gasteiger partial charge in [-0.2, -0.15) is 0 Å². The van der Waals surface area contributed by atoms with E-state index in [9.17, 15) is 0 Å². The third-order valence-electron chi connectivity index (χ3n) is 1.76. The molecule has 0 spiro atoms. The minimum Gasteiger partial charge on any atom is -0.252 e. The number of hydrogen-bond acceptors (Lipinski definition) is 1. The molecule has 0 saturated heterocycles. The van der Waals surface area contributed by atoms with E-state index in [1.165, 1.54) is 5.56 Å². The van der Waals surface area contributed by atoms with E-state index in [4.69, 9.17) is 4.63 Å². The molecule has 2 rings (SSSR count). The third-order valence-corrected chi connectivity index (χ3v) is 1.76. The molecule has 0 amide bonds. The summed E-state index contributed by atoms with van der Waals surface area (Å²) in [7, 11) is 0. The van der Waals surface area contributed by atoms with Crippen LogP contribution in [0.25, 0.3) is 5.69 Å². The second-order valence-electron chi connectivity index (χ2n) is 2.50. The summed E-state index contributed by atoms with van der Waals surface area (Å²) >= 11 is 0. The molecule has 0 aliphatic rings. The number of aryl methyl sites for hydroxylation is 1. The van der Waals surface area contributed by atoms with Gasteiger partial charge >= 0.3 is 0 Å². The minimum absolute atomic E-state index is 1.04. The van der Waals surface area contributed by atoms with Gasteiger partial charge < -0.3 is 0 Å². The highest BCUT2D eigenvalue weighted by atomic mass is 16.7. The number of nitrogens with zero attached hydrogens (tertiary/aromatic N) is 1. The standard InChI is InChI=1S/C8H10N2O/c1-2-7-3-5-8(6-4-7)10-9-11-10/h3-6,9H,2H2,1H3. The molecule has 1 heterocycles. The van der Waals surface area contributed by atoms with Crippen molar-refractivity contribution in [2.24, 2.45) is 0 Å². The topological polar surface area (TPSA) is 33.9 Å². The Kier molecular flexibility index (Phi) is 1.35. The molecule has 0 saturated carbocycles. The summed E-state index contributed by atoms with van der Waals surface area (Å²) in [6.45, 7) is 2.14. The molecule has 0 bridgehead atoms. The zero-order valence-corrected chi connectivity index (χ0v) is 6.37. The van der Waals surface area contributed by atoms with Crippen LogP contribution in [0, 0.1) is 0 Å². The molecule has 1 aromatic carbocycles. The molecule has 0 atom stereocenters. The predicted octanol–water partition coefficient (Wildman–Crippen LogP) is 1.96. The lowest BCUT2D eigenvalue weighted by atomic mass is 10.2. The van der Waals surface area contributed by atoms with E-state index in [0.29, 0.717) is 0 Å². The average Bonchev–Trinajstić information content (AvgIpc) is 2.87. The smallest absolute Gasteiger partial charge is 0.105 e. The van der Waals surface area contributed by atoms with Gasteiger partial charge in [0.25, 0.3) is 0 Å². The molecule has 3 nitrogen and oxygen atoms in total. The number of H-pyrrole nitrogens is 1. The molecule has 0 aliphatic heterocycles. The number of nitrogens with one attached hydrogen (secondary N) is 1. The highest BCUT2D eigenvalue weighted by Crippen LogP contribution is 2.09. The SMILES string of the molecule is CCc1ccc(-n2[nH]o2)cc1. The van der Waals surface area contributed by atoms with Crippen molar-refractivity contribution in [3.63, 3.8) is 0 Å². The van der Waals surface area contributed by atoms with Crippen LogP contribution in [0.3, 0.4) is 0 Å². The molecule has 0 aliphatic carbocycles. The van der Waals surface area contributed by atoms with E-state index in [1.807, 2.05) is 12.1 Å². The maximum atomic E-state index is 4.75. The van der Waals surface area contributed by atoms with Crippen LogP contribution in [-0.2, 0) is 6.42 Å². The first-order chi connectivity index (χ1) is 5.40. The van der Waals surface area contributed by atoms with Gasteiger partial charge in [0.1, 0.15) is 5.69 Å². The fraction of sp³-hybridized carbons (Fsp3) is 0.250. The maximum Gasteiger partial charge on any atom is 0.105 e. The summed E-state index contributed by atoms with van der Waals surface area (Å²) in [4.78, 5) is 1.61. The summed E-state index contributed by atoms with van der Waals surface area (Å²) in [6, 6.07) is 8.25. The number of rotatable bonds is 2. The Labute approximate surface area is 64.5 Å². The van der Waals surface area contributed by atoms with Crippen LogP contribution in [0.1, 0.15) is 12.5 Å². The highest BCUT2D eigenvalue weighted by molar-refractivity contribution is 5.32. The molecule has 0 unspecified atom stereocenters. The van der Waals surface area contributed by atoms with Gasteiger partial charge in [-0.05, 0) is 24.1 Å². The average molecular weight is 150 g/mol. The molecule has 2 aromatic rings. The molecule has 0 radical (unpaired) electrons. The molecule has 3 heteroatoms. The van der Waals surface area contributed by atoms with Crippen LogP contribution >= 0.6 is 0 Å². The van der Waals surface area contributed by atoms with E-state index >= 15 is 0 Å². The van der Waals surface area contributed by atoms with Gasteiger partial charge in [-0.25, -0.2) is 0 Å². The first kappa shape index (κ1) is 6.34. The van der Waals surface area contributed by atoms with Crippen molar-refractivity contribution in [1.29, 1.82) is 0 Å². The first-order valence-corrected chi connectivity index (χ1v) is 3.72. The zero-order chi connectivity index (χ0) is 7.68. The summed E-state index contributed by atoms with van der Waals surface area (Å²) < 4.78 is 4.75. The molecular weight excluding hydrogens is 140 g/mol. The summed E-state index contributed by atoms with van der Waals surface area (Å²) in [5, 5.41) is 2.62. The van der Waals surface area contributed by atoms with Crippen molar-refractivity contribution in [3.8, 4) is 5.69 Å². The van der Waals surface area contributed by atoms with E-state index < -0.39 is 0 Å². The van der Waals surface area contributed by atoms with Gasteiger partial charge in [0.15, 0.2) is 0 Å². The van der Waals surface area contributed by atoms with Gasteiger partial charge in [0.05, 0.1) is 0 Å². The number of hydrogen-bond donors (Lipinski definition) is 1. The Hall–Kier alpha value is -1.38. The van der Waals surface area contributed by atoms with Gasteiger partial charge in [0.2, 0.25) is 0 Å². The van der Waals surface area contributed by atoms with Gasteiger partial charge in [0, 0.05) is 0 Å². The van der Waals surface area contributed by atoms with Crippen LogP contribution in [0.2, 0.25) is 0 Å². The highest BCUT2D eigenvalue weighted by Gasteiger charge is 2.00. The lowest BCUT2D eigenvalue weighted by Crippen LogP contribution is -1.83. The van der Waals surface area contributed by atoms with Crippen molar-refractivity contribution in [2.75, 3.05) is 0 Å². The Morgan fingerprint density at radius 3 is 2.45 bits per heavy atom. The largest absolute Gasteiger partial charge is 0.252 e. The quantitative estimate of drug-likeness (QED) is 0.697. The van der Waals surface area contributed by atoms with Gasteiger partial charge in [-0.1, -0.05) is 29.2 Å². The zero-order valence-electron chi connectivity index (χ0n) is 6.37. The van der Waals surface area contributed by atoms with Crippen molar-refractivity contribution < 1.29 is 4.63 Å². The Bertz CT molecular complexity index is 303. The predicted molar refractivity (Wildman–Crippen MR) is 41.8 cm³/mol. The molecule has 1 N–H and O–H groups in total. The number of aromatic amines is 1. The fourth-order valence-corrected chi connectivity index (χ4v) is 0.993. The third kappa shape index (κ3) is 1.22. The molecule has 0 fully saturated rings. The molecule has 58 valence electrons. The second kappa shape index (κ2) is 2.34. The lowest BCUT2D eigenvalue weighted by Gasteiger charge is -1.94. The van der Waals surface area contributed by atoms with E-state index in [-0.39, 0.29) is 0 Å². The lowest BCUT2D eigenvalue weighted by molar-refractivity contribution is 0.501. The van der Waals surface area contributed by atoms with Crippen LogP contribution < -0.4 is 0 Å². The van der Waals surface area contributed by atoms with Crippen molar-refractivity contribution in [2.45, 2.75) is 13.3 Å². The molecule has 11 heavy (non-hydrogen) atoms. The van der Waals surface area contributed by atoms with E-state index in [2.05, 4.69) is 24.3 Å². The Morgan fingerprint density at radius 2 is 2.00 bits per heavy atom. The minimum atomic E-state index is 1.04. The van der Waals surface area contributed by atoms with Crippen LogP contribution in [-0.4, -0.2) is 10.1 Å². The van der Waals surface area contributed by atoms with Crippen molar-refractivity contribution in [1.82, 2.24) is 10.1 Å². The normalized spacial score (nSPS) is 10.6. The van der Waals surface area contributed by atoms with Crippen LogP contribution in [0.15, 0.2) is 28.9 Å². The van der Waals surface area contributed by atoms with Crippen LogP contribution in [0.5, 0.6) is 0 Å². The van der Waals surface area contributed by atoms with Gasteiger partial charge in [-0.15, -0.1) is 0 Å². The second-order valence-corrected chi connectivity index (χ2v) is 2.50. The van der Waals surface area contributed by atoms with Crippen molar-refractivity contribution >= 4 is 0 Å². The first-order valence-electron chi connectivity index (χ1n) is 3.72. The Balaban J connectivity index is 2.29. The van der Waals surface area contributed by atoms with E-state index in [1.54, 1.807) is 4.85 Å². The number of aromatic nitrogens is 2. The van der Waals surface area contributed by atoms with Crippen molar-refractivity contribution in [3.05, 3.63) is 29.8 Å². The van der Waals surface area contributed by atoms with Crippen LogP contribution in [0.4, 0.5) is 0 Å². The molecule has 1 aromatic heterocycles. The monoisotopic (exact) mass is 150 g/mol. The number of benzene rings is 1. The Morgan fingerprint density at radius 1 is 1.36 bits per heavy atom. The van der Waals surface area contributed by atoms with Gasteiger partial charge in [-0.3, -0.25) is 4.63 Å². The summed E-state index contributed by atoms with van der Waals surface area (Å²) in [5.41, 5.74) is 2.39.